The summed E-state index contributed by atoms with van der Waals surface area (Å²) in [7, 11) is 1.71. The third-order valence-corrected chi connectivity index (χ3v) is 3.45. The summed E-state index contributed by atoms with van der Waals surface area (Å²) in [6.45, 7) is 5.36. The van der Waals surface area contributed by atoms with E-state index in [2.05, 4.69) is 25.8 Å². The maximum atomic E-state index is 13.1. The molecule has 0 unspecified atom stereocenters. The van der Waals surface area contributed by atoms with Crippen molar-refractivity contribution in [2.75, 3.05) is 20.1 Å². The molecule has 0 spiro atoms. The van der Waals surface area contributed by atoms with Gasteiger partial charge in [-0.25, -0.2) is 4.39 Å². The number of hydrogen-bond acceptors (Lipinski definition) is 4. The average molecular weight is 461 g/mol. The molecule has 0 aliphatic heterocycles. The molecule has 1 aromatic carbocycles. The van der Waals surface area contributed by atoms with Crippen molar-refractivity contribution in [3.8, 4) is 0 Å². The van der Waals surface area contributed by atoms with Gasteiger partial charge >= 0.3 is 0 Å². The molecule has 1 heterocycles. The van der Waals surface area contributed by atoms with E-state index in [1.807, 2.05) is 19.9 Å². The van der Waals surface area contributed by atoms with E-state index < -0.39 is 0 Å². The number of nitrogens with zero attached hydrogens (tertiary/aromatic N) is 3. The van der Waals surface area contributed by atoms with E-state index in [-0.39, 0.29) is 35.7 Å². The van der Waals surface area contributed by atoms with E-state index >= 15 is 0 Å². The van der Waals surface area contributed by atoms with Crippen LogP contribution >= 0.6 is 24.0 Å². The molecule has 8 heteroatoms. The summed E-state index contributed by atoms with van der Waals surface area (Å²) in [6.07, 6.45) is 1.35. The lowest BCUT2D eigenvalue weighted by Crippen LogP contribution is -2.39. The number of rotatable bonds is 7. The molecule has 0 saturated heterocycles. The van der Waals surface area contributed by atoms with E-state index in [1.165, 1.54) is 6.07 Å². The molecule has 0 saturated carbocycles. The molecule has 0 aliphatic carbocycles. The second-order valence-corrected chi connectivity index (χ2v) is 5.76. The van der Waals surface area contributed by atoms with Gasteiger partial charge in [0.2, 0.25) is 5.89 Å². The molecule has 2 rings (SSSR count). The standard InChI is InChI=1S/C17H24FN5O.HI/c1-12(2)16-22-15(24-23-16)8-10-21-17(19-3)20-9-7-13-5-4-6-14(18)11-13;/h4-6,11-12H,7-10H2,1-3H3,(H2,19,20,21);1H. The highest BCUT2D eigenvalue weighted by Crippen LogP contribution is 2.09. The van der Waals surface area contributed by atoms with Crippen molar-refractivity contribution < 1.29 is 8.91 Å². The maximum absolute atomic E-state index is 13.1. The smallest absolute Gasteiger partial charge is 0.228 e. The maximum Gasteiger partial charge on any atom is 0.228 e. The Morgan fingerprint density at radius 1 is 1.24 bits per heavy atom. The van der Waals surface area contributed by atoms with Crippen LogP contribution in [0.2, 0.25) is 0 Å². The summed E-state index contributed by atoms with van der Waals surface area (Å²) in [5, 5.41) is 10.3. The molecule has 0 atom stereocenters. The first kappa shape index (κ1) is 21.3. The van der Waals surface area contributed by atoms with E-state index in [0.29, 0.717) is 31.4 Å². The summed E-state index contributed by atoms with van der Waals surface area (Å²) in [5.74, 6) is 2.07. The minimum absolute atomic E-state index is 0. The first-order valence-electron chi connectivity index (χ1n) is 8.10. The minimum atomic E-state index is -0.213. The van der Waals surface area contributed by atoms with Crippen LogP contribution in [0.4, 0.5) is 4.39 Å². The highest BCUT2D eigenvalue weighted by atomic mass is 127. The first-order valence-corrected chi connectivity index (χ1v) is 8.10. The van der Waals surface area contributed by atoms with Crippen LogP contribution in [0.1, 0.15) is 37.0 Å². The minimum Gasteiger partial charge on any atom is -0.356 e. The number of nitrogens with one attached hydrogen (secondary N) is 2. The molecule has 1 aromatic heterocycles. The lowest BCUT2D eigenvalue weighted by Gasteiger charge is -2.11. The number of aromatic nitrogens is 2. The largest absolute Gasteiger partial charge is 0.356 e. The second-order valence-electron chi connectivity index (χ2n) is 5.76. The van der Waals surface area contributed by atoms with Gasteiger partial charge in [0, 0.05) is 32.5 Å². The van der Waals surface area contributed by atoms with Crippen LogP contribution in [0.5, 0.6) is 0 Å². The Hall–Kier alpha value is -1.71. The van der Waals surface area contributed by atoms with Crippen molar-refractivity contribution >= 4 is 29.9 Å². The van der Waals surface area contributed by atoms with Gasteiger partial charge in [-0.3, -0.25) is 4.99 Å². The third kappa shape index (κ3) is 7.37. The predicted octanol–water partition coefficient (Wildman–Crippen LogP) is 2.90. The molecule has 0 amide bonds. The quantitative estimate of drug-likeness (QED) is 0.377. The first-order chi connectivity index (χ1) is 11.6. The molecule has 25 heavy (non-hydrogen) atoms. The van der Waals surface area contributed by atoms with Gasteiger partial charge in [0.05, 0.1) is 0 Å². The molecule has 0 fully saturated rings. The van der Waals surface area contributed by atoms with Gasteiger partial charge < -0.3 is 15.2 Å². The molecule has 2 aromatic rings. The number of benzene rings is 1. The number of guanidine groups is 1. The molecular formula is C17H25FIN5O. The molecule has 0 radical (unpaired) electrons. The Labute approximate surface area is 164 Å². The van der Waals surface area contributed by atoms with E-state index in [1.54, 1.807) is 19.2 Å². The number of halogens is 2. The van der Waals surface area contributed by atoms with Gasteiger partial charge in [-0.15, -0.1) is 24.0 Å². The van der Waals surface area contributed by atoms with Crippen molar-refractivity contribution in [3.63, 3.8) is 0 Å². The summed E-state index contributed by atoms with van der Waals surface area (Å²) >= 11 is 0. The highest BCUT2D eigenvalue weighted by molar-refractivity contribution is 14.0. The normalized spacial score (nSPS) is 11.3. The Balaban J connectivity index is 0.00000312. The van der Waals surface area contributed by atoms with E-state index in [9.17, 15) is 4.39 Å². The second kappa shape index (κ2) is 11.0. The Kier molecular flexibility index (Phi) is 9.40. The Bertz CT molecular complexity index is 675. The number of hydrogen-bond donors (Lipinski definition) is 2. The fourth-order valence-corrected chi connectivity index (χ4v) is 2.13. The van der Waals surface area contributed by atoms with Crippen LogP contribution in [0.3, 0.4) is 0 Å². The van der Waals surface area contributed by atoms with Crippen molar-refractivity contribution in [3.05, 3.63) is 47.4 Å². The Morgan fingerprint density at radius 3 is 2.56 bits per heavy atom. The van der Waals surface area contributed by atoms with Gasteiger partial charge in [-0.05, 0) is 24.1 Å². The van der Waals surface area contributed by atoms with E-state index in [0.717, 1.165) is 17.8 Å². The lowest BCUT2D eigenvalue weighted by atomic mass is 10.1. The third-order valence-electron chi connectivity index (χ3n) is 3.45. The lowest BCUT2D eigenvalue weighted by molar-refractivity contribution is 0.371. The van der Waals surface area contributed by atoms with Crippen molar-refractivity contribution in [2.24, 2.45) is 4.99 Å². The van der Waals surface area contributed by atoms with Crippen LogP contribution in [-0.2, 0) is 12.8 Å². The van der Waals surface area contributed by atoms with Crippen LogP contribution in [0.25, 0.3) is 0 Å². The SMILES string of the molecule is CN=C(NCCc1cccc(F)c1)NCCc1nc(C(C)C)no1.I. The van der Waals surface area contributed by atoms with Crippen LogP contribution in [0, 0.1) is 5.82 Å². The average Bonchev–Trinajstić information content (AvgIpc) is 3.02. The zero-order chi connectivity index (χ0) is 17.4. The van der Waals surface area contributed by atoms with Gasteiger partial charge in [0.1, 0.15) is 5.82 Å². The molecule has 2 N–H and O–H groups in total. The van der Waals surface area contributed by atoms with Crippen molar-refractivity contribution in [1.82, 2.24) is 20.8 Å². The molecule has 0 aliphatic rings. The van der Waals surface area contributed by atoms with Crippen molar-refractivity contribution in [2.45, 2.75) is 32.6 Å². The van der Waals surface area contributed by atoms with Gasteiger partial charge in [0.25, 0.3) is 0 Å². The fraction of sp³-hybridized carbons (Fsp3) is 0.471. The van der Waals surface area contributed by atoms with Crippen LogP contribution in [-0.4, -0.2) is 36.2 Å². The fourth-order valence-electron chi connectivity index (χ4n) is 2.13. The zero-order valence-corrected chi connectivity index (χ0v) is 17.1. The van der Waals surface area contributed by atoms with Crippen LogP contribution < -0.4 is 10.6 Å². The van der Waals surface area contributed by atoms with Gasteiger partial charge in [0.15, 0.2) is 11.8 Å². The van der Waals surface area contributed by atoms with Gasteiger partial charge in [-0.2, -0.15) is 4.98 Å². The predicted molar refractivity (Wildman–Crippen MR) is 107 cm³/mol. The summed E-state index contributed by atoms with van der Waals surface area (Å²) in [5.41, 5.74) is 0.949. The summed E-state index contributed by atoms with van der Waals surface area (Å²) in [4.78, 5) is 8.48. The molecule has 138 valence electrons. The zero-order valence-electron chi connectivity index (χ0n) is 14.8. The summed E-state index contributed by atoms with van der Waals surface area (Å²) in [6, 6.07) is 6.61. The summed E-state index contributed by atoms with van der Waals surface area (Å²) < 4.78 is 18.3. The number of aliphatic imine (C=N–C) groups is 1. The molecule has 0 bridgehead atoms. The van der Waals surface area contributed by atoms with Gasteiger partial charge in [-0.1, -0.05) is 31.1 Å². The monoisotopic (exact) mass is 461 g/mol. The van der Waals surface area contributed by atoms with E-state index in [4.69, 9.17) is 4.52 Å². The van der Waals surface area contributed by atoms with Crippen molar-refractivity contribution in [1.29, 1.82) is 0 Å². The topological polar surface area (TPSA) is 75.3 Å². The van der Waals surface area contributed by atoms with Crippen LogP contribution in [0.15, 0.2) is 33.8 Å². The Morgan fingerprint density at radius 2 is 1.96 bits per heavy atom. The molecular weight excluding hydrogens is 436 g/mol. The highest BCUT2D eigenvalue weighted by Gasteiger charge is 2.09. The molecule has 6 nitrogen and oxygen atoms in total.